The Morgan fingerprint density at radius 2 is 1.90 bits per heavy atom. The molecule has 1 heterocycles. The van der Waals surface area contributed by atoms with E-state index >= 15 is 0 Å². The van der Waals surface area contributed by atoms with Crippen LogP contribution < -0.4 is 5.32 Å². The smallest absolute Gasteiger partial charge is 0.123 e. The van der Waals surface area contributed by atoms with Crippen molar-refractivity contribution in [3.05, 3.63) is 71.0 Å². The van der Waals surface area contributed by atoms with Crippen LogP contribution in [0, 0.1) is 5.82 Å². The number of fused-ring (bicyclic) bond motifs is 1. The van der Waals surface area contributed by atoms with E-state index in [0.29, 0.717) is 0 Å². The highest BCUT2D eigenvalue weighted by Gasteiger charge is 2.28. The minimum absolute atomic E-state index is 0.0250. The molecule has 1 aliphatic heterocycles. The summed E-state index contributed by atoms with van der Waals surface area (Å²) in [5.41, 5.74) is 3.60. The Bertz CT molecular complexity index is 582. The molecule has 0 saturated carbocycles. The van der Waals surface area contributed by atoms with Gasteiger partial charge in [0.05, 0.1) is 12.6 Å². The van der Waals surface area contributed by atoms with Gasteiger partial charge in [0.15, 0.2) is 0 Å². The van der Waals surface area contributed by atoms with Gasteiger partial charge in [-0.05, 0) is 42.3 Å². The Balaban J connectivity index is 1.96. The van der Waals surface area contributed by atoms with Crippen molar-refractivity contribution in [2.75, 3.05) is 13.7 Å². The number of hydrogen-bond donors (Lipinski definition) is 1. The van der Waals surface area contributed by atoms with E-state index in [0.717, 1.165) is 18.6 Å². The van der Waals surface area contributed by atoms with E-state index in [4.69, 9.17) is 4.74 Å². The second-order valence-electron chi connectivity index (χ2n) is 5.06. The maximum Gasteiger partial charge on any atom is 0.123 e. The molecule has 0 bridgehead atoms. The fraction of sp³-hybridized carbons (Fsp3) is 0.294. The topological polar surface area (TPSA) is 21.3 Å². The van der Waals surface area contributed by atoms with E-state index in [9.17, 15) is 4.39 Å². The molecule has 0 amide bonds. The third-order valence-electron chi connectivity index (χ3n) is 3.87. The highest BCUT2D eigenvalue weighted by molar-refractivity contribution is 5.34. The Labute approximate surface area is 118 Å². The molecular weight excluding hydrogens is 253 g/mol. The largest absolute Gasteiger partial charge is 0.371 e. The first-order valence-corrected chi connectivity index (χ1v) is 6.91. The Kier molecular flexibility index (Phi) is 3.81. The number of likely N-dealkylation sites (N-methyl/N-ethyl adjacent to an activating group) is 1. The molecule has 0 spiro atoms. The number of nitrogens with one attached hydrogen (secondary N) is 1. The normalized spacial score (nSPS) is 19.4. The molecule has 104 valence electrons. The van der Waals surface area contributed by atoms with Crippen LogP contribution in [0.3, 0.4) is 0 Å². The molecule has 2 aromatic rings. The summed E-state index contributed by atoms with van der Waals surface area (Å²) in [5.74, 6) is -0.214. The van der Waals surface area contributed by atoms with Gasteiger partial charge >= 0.3 is 0 Å². The average Bonchev–Trinajstić information content (AvgIpc) is 2.50. The molecule has 1 aliphatic rings. The minimum atomic E-state index is -0.214. The standard InChI is InChI=1S/C17H18FNO/c1-19-16(13-6-8-14(18)9-7-13)17-15-5-3-2-4-12(15)10-11-20-17/h2-9,16-17,19H,10-11H2,1H3. The van der Waals surface area contributed by atoms with Crippen LogP contribution in [0.1, 0.15) is 28.8 Å². The summed E-state index contributed by atoms with van der Waals surface area (Å²) in [6.45, 7) is 0.723. The van der Waals surface area contributed by atoms with E-state index < -0.39 is 0 Å². The molecule has 2 aromatic carbocycles. The first kappa shape index (κ1) is 13.3. The van der Waals surface area contributed by atoms with Gasteiger partial charge in [0, 0.05) is 0 Å². The van der Waals surface area contributed by atoms with E-state index in [1.165, 1.54) is 23.3 Å². The molecule has 2 atom stereocenters. The molecule has 0 radical (unpaired) electrons. The fourth-order valence-electron chi connectivity index (χ4n) is 2.86. The van der Waals surface area contributed by atoms with Crippen molar-refractivity contribution in [1.82, 2.24) is 5.32 Å². The minimum Gasteiger partial charge on any atom is -0.371 e. The van der Waals surface area contributed by atoms with Crippen LogP contribution in [-0.2, 0) is 11.2 Å². The maximum atomic E-state index is 13.1. The molecule has 20 heavy (non-hydrogen) atoms. The van der Waals surface area contributed by atoms with E-state index in [2.05, 4.69) is 23.5 Å². The summed E-state index contributed by atoms with van der Waals surface area (Å²) >= 11 is 0. The quantitative estimate of drug-likeness (QED) is 0.923. The van der Waals surface area contributed by atoms with Crippen molar-refractivity contribution in [2.45, 2.75) is 18.6 Å². The average molecular weight is 271 g/mol. The van der Waals surface area contributed by atoms with E-state index in [1.807, 2.05) is 25.2 Å². The van der Waals surface area contributed by atoms with Crippen LogP contribution >= 0.6 is 0 Å². The van der Waals surface area contributed by atoms with Gasteiger partial charge in [-0.3, -0.25) is 0 Å². The zero-order valence-corrected chi connectivity index (χ0v) is 11.5. The molecule has 3 heteroatoms. The number of halogens is 1. The number of hydrogen-bond acceptors (Lipinski definition) is 2. The maximum absolute atomic E-state index is 13.1. The van der Waals surface area contributed by atoms with Crippen molar-refractivity contribution in [2.24, 2.45) is 0 Å². The van der Waals surface area contributed by atoms with Crippen LogP contribution in [0.25, 0.3) is 0 Å². The molecule has 1 N–H and O–H groups in total. The Hall–Kier alpha value is -1.71. The van der Waals surface area contributed by atoms with Gasteiger partial charge in [-0.25, -0.2) is 4.39 Å². The van der Waals surface area contributed by atoms with Crippen molar-refractivity contribution in [3.63, 3.8) is 0 Å². The molecule has 0 aromatic heterocycles. The zero-order chi connectivity index (χ0) is 13.9. The molecular formula is C17H18FNO. The number of rotatable bonds is 3. The summed E-state index contributed by atoms with van der Waals surface area (Å²) in [6, 6.07) is 15.0. The Morgan fingerprint density at radius 1 is 1.15 bits per heavy atom. The molecule has 3 rings (SSSR count). The van der Waals surface area contributed by atoms with Gasteiger partial charge in [-0.15, -0.1) is 0 Å². The number of benzene rings is 2. The van der Waals surface area contributed by atoms with Gasteiger partial charge in [0.2, 0.25) is 0 Å². The molecule has 0 saturated heterocycles. The summed E-state index contributed by atoms with van der Waals surface area (Å²) in [7, 11) is 1.91. The first-order valence-electron chi connectivity index (χ1n) is 6.91. The highest BCUT2D eigenvalue weighted by atomic mass is 19.1. The van der Waals surface area contributed by atoms with Crippen molar-refractivity contribution < 1.29 is 9.13 Å². The van der Waals surface area contributed by atoms with Gasteiger partial charge < -0.3 is 10.1 Å². The summed E-state index contributed by atoms with van der Waals surface area (Å²) in [5, 5.41) is 3.30. The zero-order valence-electron chi connectivity index (χ0n) is 11.5. The number of ether oxygens (including phenoxy) is 1. The molecule has 0 fully saturated rings. The van der Waals surface area contributed by atoms with Gasteiger partial charge in [-0.1, -0.05) is 36.4 Å². The molecule has 2 unspecified atom stereocenters. The van der Waals surface area contributed by atoms with Crippen LogP contribution in [0.2, 0.25) is 0 Å². The summed E-state index contributed by atoms with van der Waals surface area (Å²) in [4.78, 5) is 0. The third-order valence-corrected chi connectivity index (χ3v) is 3.87. The second-order valence-corrected chi connectivity index (χ2v) is 5.06. The first-order chi connectivity index (χ1) is 9.79. The summed E-state index contributed by atoms with van der Waals surface area (Å²) < 4.78 is 19.1. The lowest BCUT2D eigenvalue weighted by molar-refractivity contribution is 0.0165. The predicted molar refractivity (Wildman–Crippen MR) is 77.0 cm³/mol. The van der Waals surface area contributed by atoms with Gasteiger partial charge in [0.1, 0.15) is 11.9 Å². The molecule has 2 nitrogen and oxygen atoms in total. The third kappa shape index (κ3) is 2.47. The summed E-state index contributed by atoms with van der Waals surface area (Å²) in [6.07, 6.45) is 0.919. The lowest BCUT2D eigenvalue weighted by Gasteiger charge is -2.32. The second kappa shape index (κ2) is 5.73. The van der Waals surface area contributed by atoms with Gasteiger partial charge in [-0.2, -0.15) is 0 Å². The van der Waals surface area contributed by atoms with E-state index in [1.54, 1.807) is 0 Å². The lowest BCUT2D eigenvalue weighted by Crippen LogP contribution is -2.29. The fourth-order valence-corrected chi connectivity index (χ4v) is 2.86. The SMILES string of the molecule is CNC(c1ccc(F)cc1)C1OCCc2ccccc21. The van der Waals surface area contributed by atoms with Crippen LogP contribution in [0.15, 0.2) is 48.5 Å². The monoisotopic (exact) mass is 271 g/mol. The van der Waals surface area contributed by atoms with Gasteiger partial charge in [0.25, 0.3) is 0 Å². The van der Waals surface area contributed by atoms with Crippen molar-refractivity contribution in [1.29, 1.82) is 0 Å². The molecule has 0 aliphatic carbocycles. The highest BCUT2D eigenvalue weighted by Crippen LogP contribution is 2.36. The van der Waals surface area contributed by atoms with Crippen molar-refractivity contribution >= 4 is 0 Å². The van der Waals surface area contributed by atoms with Crippen molar-refractivity contribution in [3.8, 4) is 0 Å². The van der Waals surface area contributed by atoms with Crippen LogP contribution in [-0.4, -0.2) is 13.7 Å². The Morgan fingerprint density at radius 3 is 2.65 bits per heavy atom. The van der Waals surface area contributed by atoms with E-state index in [-0.39, 0.29) is 18.0 Å². The lowest BCUT2D eigenvalue weighted by atomic mass is 9.90. The predicted octanol–water partition coefficient (Wildman–Crippen LogP) is 3.40. The van der Waals surface area contributed by atoms with Crippen LogP contribution in [0.5, 0.6) is 0 Å². The van der Waals surface area contributed by atoms with Crippen LogP contribution in [0.4, 0.5) is 4.39 Å².